The van der Waals surface area contributed by atoms with Gasteiger partial charge in [0.05, 0.1) is 12.9 Å². The molecule has 2 rings (SSSR count). The molecule has 0 aliphatic heterocycles. The Labute approximate surface area is 120 Å². The largest absolute Gasteiger partial charge is 0.294 e. The number of benzene rings is 1. The lowest BCUT2D eigenvalue weighted by Gasteiger charge is -2.06. The molecule has 1 aromatic carbocycles. The van der Waals surface area contributed by atoms with E-state index >= 15 is 0 Å². The third-order valence-corrected chi connectivity index (χ3v) is 3.85. The highest BCUT2D eigenvalue weighted by atomic mass is 127. The maximum absolute atomic E-state index is 13.0. The SMILES string of the molecule is O=c1c(I)c(Cl)ncn1Cc1ccc(F)c(F)c1. The molecule has 3 nitrogen and oxygen atoms in total. The van der Waals surface area contributed by atoms with Gasteiger partial charge in [0.25, 0.3) is 5.56 Å². The second kappa shape index (κ2) is 5.31. The molecule has 0 atom stereocenters. The van der Waals surface area contributed by atoms with Gasteiger partial charge in [0, 0.05) is 0 Å². The van der Waals surface area contributed by atoms with Crippen molar-refractivity contribution < 1.29 is 8.78 Å². The second-order valence-electron chi connectivity index (χ2n) is 3.53. The first kappa shape index (κ1) is 13.4. The van der Waals surface area contributed by atoms with Crippen molar-refractivity contribution in [2.24, 2.45) is 0 Å². The average Bonchev–Trinajstić information content (AvgIpc) is 2.34. The number of aromatic nitrogens is 2. The zero-order chi connectivity index (χ0) is 13.3. The van der Waals surface area contributed by atoms with Crippen molar-refractivity contribution in [1.29, 1.82) is 0 Å². The third kappa shape index (κ3) is 2.69. The summed E-state index contributed by atoms with van der Waals surface area (Å²) in [6.07, 6.45) is 1.27. The molecule has 0 N–H and O–H groups in total. The quantitative estimate of drug-likeness (QED) is 0.591. The Morgan fingerprint density at radius 3 is 2.72 bits per heavy atom. The van der Waals surface area contributed by atoms with Crippen LogP contribution in [0.1, 0.15) is 5.56 Å². The van der Waals surface area contributed by atoms with Crippen molar-refractivity contribution in [2.75, 3.05) is 0 Å². The fourth-order valence-electron chi connectivity index (χ4n) is 1.39. The van der Waals surface area contributed by atoms with E-state index in [9.17, 15) is 13.6 Å². The summed E-state index contributed by atoms with van der Waals surface area (Å²) in [4.78, 5) is 15.6. The predicted molar refractivity (Wildman–Crippen MR) is 71.7 cm³/mol. The van der Waals surface area contributed by atoms with Crippen LogP contribution in [-0.2, 0) is 6.54 Å². The molecule has 0 bridgehead atoms. The summed E-state index contributed by atoms with van der Waals surface area (Å²) >= 11 is 7.48. The number of rotatable bonds is 2. The first-order valence-electron chi connectivity index (χ1n) is 4.83. The standard InChI is InChI=1S/C11H6ClF2IN2O/c12-10-9(15)11(18)17(5-16-10)4-6-1-2-7(13)8(14)3-6/h1-3,5H,4H2. The summed E-state index contributed by atoms with van der Waals surface area (Å²) in [5.74, 6) is -1.87. The number of hydrogen-bond donors (Lipinski definition) is 0. The molecule has 0 unspecified atom stereocenters. The zero-order valence-electron chi connectivity index (χ0n) is 8.83. The molecule has 0 aliphatic rings. The maximum atomic E-state index is 13.0. The smallest absolute Gasteiger partial charge is 0.268 e. The maximum Gasteiger partial charge on any atom is 0.268 e. The molecule has 18 heavy (non-hydrogen) atoms. The number of hydrogen-bond acceptors (Lipinski definition) is 2. The predicted octanol–water partition coefficient (Wildman–Crippen LogP) is 2.83. The monoisotopic (exact) mass is 382 g/mol. The summed E-state index contributed by atoms with van der Waals surface area (Å²) in [6, 6.07) is 3.47. The van der Waals surface area contributed by atoms with Crippen molar-refractivity contribution in [2.45, 2.75) is 6.54 Å². The van der Waals surface area contributed by atoms with E-state index in [0.29, 0.717) is 9.13 Å². The van der Waals surface area contributed by atoms with Crippen LogP contribution in [0.2, 0.25) is 5.15 Å². The zero-order valence-corrected chi connectivity index (χ0v) is 11.7. The molecular weight excluding hydrogens is 376 g/mol. The van der Waals surface area contributed by atoms with Crippen molar-refractivity contribution in [3.63, 3.8) is 0 Å². The molecular formula is C11H6ClF2IN2O. The summed E-state index contributed by atoms with van der Waals surface area (Å²) in [5.41, 5.74) is 0.149. The Bertz CT molecular complexity index is 660. The molecule has 0 spiro atoms. The third-order valence-electron chi connectivity index (χ3n) is 2.28. The van der Waals surface area contributed by atoms with Gasteiger partial charge in [-0.2, -0.15) is 0 Å². The summed E-state index contributed by atoms with van der Waals surface area (Å²) in [5, 5.41) is 0.127. The minimum atomic E-state index is -0.947. The molecule has 0 radical (unpaired) electrons. The van der Waals surface area contributed by atoms with Crippen molar-refractivity contribution >= 4 is 34.2 Å². The highest BCUT2D eigenvalue weighted by Crippen LogP contribution is 2.12. The van der Waals surface area contributed by atoms with Gasteiger partial charge >= 0.3 is 0 Å². The van der Waals surface area contributed by atoms with Gasteiger partial charge in [-0.1, -0.05) is 17.7 Å². The second-order valence-corrected chi connectivity index (χ2v) is 4.97. The Balaban J connectivity index is 2.37. The fourth-order valence-corrected chi connectivity index (χ4v) is 1.96. The van der Waals surface area contributed by atoms with E-state index in [0.717, 1.165) is 12.1 Å². The first-order chi connectivity index (χ1) is 8.49. The van der Waals surface area contributed by atoms with Crippen LogP contribution in [0.25, 0.3) is 0 Å². The van der Waals surface area contributed by atoms with Crippen molar-refractivity contribution in [3.8, 4) is 0 Å². The molecule has 7 heteroatoms. The highest BCUT2D eigenvalue weighted by Gasteiger charge is 2.08. The van der Waals surface area contributed by atoms with Gasteiger partial charge in [0.1, 0.15) is 8.72 Å². The Kier molecular flexibility index (Phi) is 3.96. The molecule has 94 valence electrons. The van der Waals surface area contributed by atoms with E-state index in [1.807, 2.05) is 0 Å². The van der Waals surface area contributed by atoms with E-state index in [2.05, 4.69) is 4.98 Å². The molecule has 0 saturated carbocycles. The summed E-state index contributed by atoms with van der Waals surface area (Å²) in [7, 11) is 0. The van der Waals surface area contributed by atoms with Gasteiger partial charge < -0.3 is 0 Å². The van der Waals surface area contributed by atoms with Gasteiger partial charge in [-0.3, -0.25) is 9.36 Å². The highest BCUT2D eigenvalue weighted by molar-refractivity contribution is 14.1. The van der Waals surface area contributed by atoms with E-state index in [4.69, 9.17) is 11.6 Å². The first-order valence-corrected chi connectivity index (χ1v) is 6.29. The normalized spacial score (nSPS) is 10.7. The summed E-state index contributed by atoms with van der Waals surface area (Å²) < 4.78 is 27.4. The molecule has 0 aliphatic carbocycles. The van der Waals surface area contributed by atoms with Crippen LogP contribution in [0, 0.1) is 15.2 Å². The number of nitrogens with zero attached hydrogens (tertiary/aromatic N) is 2. The Morgan fingerprint density at radius 2 is 2.06 bits per heavy atom. The molecule has 2 aromatic rings. The molecule has 0 amide bonds. The Morgan fingerprint density at radius 1 is 1.33 bits per heavy atom. The minimum Gasteiger partial charge on any atom is -0.294 e. The Hall–Kier alpha value is -1.02. The van der Waals surface area contributed by atoms with Crippen molar-refractivity contribution in [1.82, 2.24) is 9.55 Å². The fraction of sp³-hybridized carbons (Fsp3) is 0.0909. The van der Waals surface area contributed by atoms with Gasteiger partial charge in [0.2, 0.25) is 0 Å². The van der Waals surface area contributed by atoms with Gasteiger partial charge in [0.15, 0.2) is 11.6 Å². The van der Waals surface area contributed by atoms with Crippen LogP contribution in [0.3, 0.4) is 0 Å². The van der Waals surface area contributed by atoms with Crippen LogP contribution in [0.15, 0.2) is 29.3 Å². The molecule has 1 aromatic heterocycles. The van der Waals surface area contributed by atoms with Crippen molar-refractivity contribution in [3.05, 3.63) is 60.8 Å². The number of halogens is 4. The van der Waals surface area contributed by atoms with E-state index < -0.39 is 11.6 Å². The lowest BCUT2D eigenvalue weighted by molar-refractivity contribution is 0.506. The molecule has 0 saturated heterocycles. The van der Waals surface area contributed by atoms with Gasteiger partial charge in [-0.05, 0) is 40.3 Å². The summed E-state index contributed by atoms with van der Waals surface area (Å²) in [6.45, 7) is 0.107. The molecule has 0 fully saturated rings. The average molecular weight is 383 g/mol. The molecule has 1 heterocycles. The van der Waals surface area contributed by atoms with E-state index in [1.165, 1.54) is 17.0 Å². The lowest BCUT2D eigenvalue weighted by Crippen LogP contribution is -2.23. The van der Waals surface area contributed by atoms with Crippen LogP contribution in [-0.4, -0.2) is 9.55 Å². The van der Waals surface area contributed by atoms with E-state index in [1.54, 1.807) is 22.6 Å². The van der Waals surface area contributed by atoms with Gasteiger partial charge in [-0.15, -0.1) is 0 Å². The van der Waals surface area contributed by atoms with Crippen LogP contribution >= 0.6 is 34.2 Å². The van der Waals surface area contributed by atoms with Crippen LogP contribution < -0.4 is 5.56 Å². The van der Waals surface area contributed by atoms with E-state index in [-0.39, 0.29) is 17.3 Å². The van der Waals surface area contributed by atoms with Crippen LogP contribution in [0.5, 0.6) is 0 Å². The van der Waals surface area contributed by atoms with Gasteiger partial charge in [-0.25, -0.2) is 13.8 Å². The lowest BCUT2D eigenvalue weighted by atomic mass is 10.2. The minimum absolute atomic E-state index is 0.107. The topological polar surface area (TPSA) is 34.9 Å². The van der Waals surface area contributed by atoms with Crippen LogP contribution in [0.4, 0.5) is 8.78 Å².